The monoisotopic (exact) mass is 569 g/mol. The van der Waals surface area contributed by atoms with E-state index < -0.39 is 27.9 Å². The lowest BCUT2D eigenvalue weighted by molar-refractivity contribution is -0.130. The maximum absolute atomic E-state index is 12.8. The molecule has 12 heteroatoms. The first-order chi connectivity index (χ1) is 17.3. The number of sulfonamides is 1. The first-order valence-corrected chi connectivity index (χ1v) is 14.1. The summed E-state index contributed by atoms with van der Waals surface area (Å²) in [6, 6.07) is 10.7. The zero-order valence-electron chi connectivity index (χ0n) is 20.8. The highest BCUT2D eigenvalue weighted by atomic mass is 35.5. The van der Waals surface area contributed by atoms with Gasteiger partial charge in [-0.15, -0.1) is 0 Å². The van der Waals surface area contributed by atoms with Gasteiger partial charge in [-0.3, -0.25) is 14.4 Å². The number of aliphatic hydroxyl groups excluding tert-OH is 1. The topological polar surface area (TPSA) is 142 Å². The molecule has 0 bridgehead atoms. The molecular weight excluding hydrogens is 538 g/mol. The van der Waals surface area contributed by atoms with Crippen LogP contribution in [-0.2, 0) is 31.0 Å². The van der Waals surface area contributed by atoms with Crippen LogP contribution in [0.15, 0.2) is 47.4 Å². The molecular formula is C25H32ClN3O6S2. The van der Waals surface area contributed by atoms with Gasteiger partial charge < -0.3 is 15.7 Å². The summed E-state index contributed by atoms with van der Waals surface area (Å²) in [4.78, 5) is 36.0. The van der Waals surface area contributed by atoms with E-state index in [-0.39, 0.29) is 40.4 Å². The van der Waals surface area contributed by atoms with Gasteiger partial charge in [-0.2, -0.15) is 12.6 Å². The van der Waals surface area contributed by atoms with Crippen LogP contribution >= 0.6 is 24.2 Å². The number of halogens is 1. The van der Waals surface area contributed by atoms with Crippen LogP contribution in [-0.4, -0.2) is 49.1 Å². The summed E-state index contributed by atoms with van der Waals surface area (Å²) in [6.07, 6.45) is -1.06. The summed E-state index contributed by atoms with van der Waals surface area (Å²) in [5.74, 6) is -1.03. The third kappa shape index (κ3) is 9.33. The molecule has 0 aliphatic carbocycles. The molecule has 4 N–H and O–H groups in total. The summed E-state index contributed by atoms with van der Waals surface area (Å²) in [5.41, 5.74) is 1.29. The Hall–Kier alpha value is -2.60. The first kappa shape index (κ1) is 30.6. The average Bonchev–Trinajstić information content (AvgIpc) is 2.81. The van der Waals surface area contributed by atoms with E-state index in [0.29, 0.717) is 22.8 Å². The molecule has 37 heavy (non-hydrogen) atoms. The molecule has 0 aliphatic rings. The van der Waals surface area contributed by atoms with Crippen LogP contribution in [0.2, 0.25) is 5.02 Å². The van der Waals surface area contributed by atoms with Gasteiger partial charge in [-0.25, -0.2) is 13.1 Å². The molecule has 0 saturated carbocycles. The van der Waals surface area contributed by atoms with Crippen molar-refractivity contribution in [2.45, 2.75) is 57.2 Å². The largest absolute Gasteiger partial charge is 0.384 e. The van der Waals surface area contributed by atoms with E-state index in [0.717, 1.165) is 13.3 Å². The molecule has 2 aromatic carbocycles. The summed E-state index contributed by atoms with van der Waals surface area (Å²) in [7, 11) is -4.28. The molecule has 0 heterocycles. The summed E-state index contributed by atoms with van der Waals surface area (Å²) in [6.45, 7) is 5.35. The molecule has 0 unspecified atom stereocenters. The van der Waals surface area contributed by atoms with Crippen LogP contribution in [0.5, 0.6) is 0 Å². The molecule has 2 atom stereocenters. The number of nitrogens with one attached hydrogen (secondary N) is 3. The lowest BCUT2D eigenvalue weighted by Gasteiger charge is -2.18. The highest BCUT2D eigenvalue weighted by molar-refractivity contribution is 7.90. The predicted molar refractivity (Wildman–Crippen MR) is 146 cm³/mol. The molecule has 0 radical (unpaired) electrons. The van der Waals surface area contributed by atoms with Crippen molar-refractivity contribution in [1.29, 1.82) is 0 Å². The molecule has 2 rings (SSSR count). The quantitative estimate of drug-likeness (QED) is 0.196. The van der Waals surface area contributed by atoms with Crippen molar-refractivity contribution in [3.05, 3.63) is 53.1 Å². The Balaban J connectivity index is 2.10. The number of benzene rings is 2. The highest BCUT2D eigenvalue weighted by Gasteiger charge is 2.24. The number of thiol groups is 1. The number of aliphatic hydroxyl groups is 1. The minimum absolute atomic E-state index is 0.109. The number of hydrogen-bond donors (Lipinski definition) is 5. The fourth-order valence-electron chi connectivity index (χ4n) is 3.52. The molecule has 3 amide bonds. The van der Waals surface area contributed by atoms with Crippen molar-refractivity contribution in [3.8, 4) is 11.1 Å². The maximum atomic E-state index is 12.8. The third-order valence-corrected chi connectivity index (χ3v) is 7.43. The smallest absolute Gasteiger partial charge is 0.264 e. The van der Waals surface area contributed by atoms with E-state index in [1.54, 1.807) is 30.3 Å². The van der Waals surface area contributed by atoms with Gasteiger partial charge in [0.1, 0.15) is 12.5 Å². The lowest BCUT2D eigenvalue weighted by atomic mass is 10.0. The Kier molecular flexibility index (Phi) is 11.4. The zero-order valence-corrected chi connectivity index (χ0v) is 23.3. The summed E-state index contributed by atoms with van der Waals surface area (Å²) >= 11 is 10.7. The van der Waals surface area contributed by atoms with Gasteiger partial charge in [0.2, 0.25) is 11.8 Å². The molecule has 0 aromatic heterocycles. The number of amides is 3. The maximum Gasteiger partial charge on any atom is 0.264 e. The van der Waals surface area contributed by atoms with Crippen molar-refractivity contribution in [3.63, 3.8) is 0 Å². The SMILES string of the molecule is CC(C)C[C@H](CS)NC(=O)CC(=O)NCc1ccc(-c2ccccc2S(=O)(=O)NC(=O)[C@H](C)O)c(Cl)c1. The molecule has 0 saturated heterocycles. The molecule has 2 aromatic rings. The normalized spacial score (nSPS) is 13.1. The van der Waals surface area contributed by atoms with E-state index in [1.165, 1.54) is 12.1 Å². The number of rotatable bonds is 12. The Bertz CT molecular complexity index is 1230. The second-order valence-corrected chi connectivity index (χ2v) is 11.4. The fraction of sp³-hybridized carbons (Fsp3) is 0.400. The van der Waals surface area contributed by atoms with Gasteiger partial charge in [0.15, 0.2) is 0 Å². The first-order valence-electron chi connectivity index (χ1n) is 11.6. The van der Waals surface area contributed by atoms with Crippen LogP contribution in [0.1, 0.15) is 39.2 Å². The summed E-state index contributed by atoms with van der Waals surface area (Å²) in [5, 5.41) is 15.1. The van der Waals surface area contributed by atoms with Crippen LogP contribution in [0.3, 0.4) is 0 Å². The molecule has 0 spiro atoms. The number of hydrogen-bond acceptors (Lipinski definition) is 7. The Morgan fingerprint density at radius 3 is 2.30 bits per heavy atom. The molecule has 0 fully saturated rings. The van der Waals surface area contributed by atoms with E-state index in [4.69, 9.17) is 11.6 Å². The van der Waals surface area contributed by atoms with Gasteiger partial charge in [0.05, 0.1) is 4.90 Å². The van der Waals surface area contributed by atoms with E-state index in [1.807, 2.05) is 18.6 Å². The van der Waals surface area contributed by atoms with Crippen LogP contribution in [0, 0.1) is 5.92 Å². The van der Waals surface area contributed by atoms with Crippen molar-refractivity contribution < 1.29 is 27.9 Å². The second-order valence-electron chi connectivity index (χ2n) is 8.99. The van der Waals surface area contributed by atoms with Crippen molar-refractivity contribution in [2.75, 3.05) is 5.75 Å². The predicted octanol–water partition coefficient (Wildman–Crippen LogP) is 2.66. The van der Waals surface area contributed by atoms with Crippen LogP contribution in [0.4, 0.5) is 0 Å². The zero-order chi connectivity index (χ0) is 27.8. The van der Waals surface area contributed by atoms with Gasteiger partial charge in [-0.05, 0) is 37.0 Å². The van der Waals surface area contributed by atoms with Gasteiger partial charge >= 0.3 is 0 Å². The van der Waals surface area contributed by atoms with Crippen LogP contribution in [0.25, 0.3) is 11.1 Å². The lowest BCUT2D eigenvalue weighted by Crippen LogP contribution is -2.39. The van der Waals surface area contributed by atoms with Crippen molar-refractivity contribution in [2.24, 2.45) is 5.92 Å². The standard InChI is InChI=1S/C25H32ClN3O6S2/c1-15(2)10-18(14-36)28-24(32)12-23(31)27-13-17-8-9-19(21(26)11-17)20-6-4-5-7-22(20)37(34,35)29-25(33)16(3)30/h4-9,11,15-16,18,30,36H,10,12-14H2,1-3H3,(H,27,31)(H,28,32)(H,29,33)/t16-,18+/m0/s1. The van der Waals surface area contributed by atoms with Crippen LogP contribution < -0.4 is 15.4 Å². The Labute approximate surface area is 227 Å². The molecule has 0 aliphatic heterocycles. The Morgan fingerprint density at radius 1 is 1.03 bits per heavy atom. The molecule has 9 nitrogen and oxygen atoms in total. The van der Waals surface area contributed by atoms with Gasteiger partial charge in [0, 0.05) is 34.5 Å². The molecule has 202 valence electrons. The van der Waals surface area contributed by atoms with E-state index in [9.17, 15) is 27.9 Å². The minimum atomic E-state index is -4.28. The number of carbonyl (C=O) groups excluding carboxylic acids is 3. The second kappa shape index (κ2) is 13.8. The number of carbonyl (C=O) groups is 3. The average molecular weight is 570 g/mol. The summed E-state index contributed by atoms with van der Waals surface area (Å²) < 4.78 is 27.3. The highest BCUT2D eigenvalue weighted by Crippen LogP contribution is 2.33. The van der Waals surface area contributed by atoms with Crippen molar-refractivity contribution >= 4 is 52.0 Å². The Morgan fingerprint density at radius 2 is 1.70 bits per heavy atom. The van der Waals surface area contributed by atoms with E-state index in [2.05, 4.69) is 23.3 Å². The fourth-order valence-corrected chi connectivity index (χ4v) is 5.33. The van der Waals surface area contributed by atoms with Gasteiger partial charge in [0.25, 0.3) is 15.9 Å². The third-order valence-electron chi connectivity index (χ3n) is 5.27. The minimum Gasteiger partial charge on any atom is -0.384 e. The van der Waals surface area contributed by atoms with E-state index >= 15 is 0 Å². The van der Waals surface area contributed by atoms with Crippen molar-refractivity contribution in [1.82, 2.24) is 15.4 Å². The van der Waals surface area contributed by atoms with Gasteiger partial charge in [-0.1, -0.05) is 55.8 Å².